The molecule has 1 saturated heterocycles. The van der Waals surface area contributed by atoms with Crippen molar-refractivity contribution in [2.45, 2.75) is 45.7 Å². The first-order chi connectivity index (χ1) is 12.3. The summed E-state index contributed by atoms with van der Waals surface area (Å²) in [4.78, 5) is 14.2. The van der Waals surface area contributed by atoms with Gasteiger partial charge in [0.15, 0.2) is 9.84 Å². The van der Waals surface area contributed by atoms with Gasteiger partial charge in [-0.15, -0.1) is 0 Å². The van der Waals surface area contributed by atoms with Crippen LogP contribution in [0.1, 0.15) is 37.8 Å². The van der Waals surface area contributed by atoms with E-state index in [2.05, 4.69) is 11.8 Å². The number of halogens is 1. The summed E-state index contributed by atoms with van der Waals surface area (Å²) >= 11 is 6.36. The molecule has 0 amide bonds. The fraction of sp³-hybridized carbons (Fsp3) is 0.526. The number of hydrogen-bond acceptors (Lipinski definition) is 5. The number of fused-ring (bicyclic) bond motifs is 1. The Hall–Kier alpha value is -1.37. The highest BCUT2D eigenvalue weighted by molar-refractivity contribution is 7.91. The van der Waals surface area contributed by atoms with E-state index in [-0.39, 0.29) is 17.5 Å². The Morgan fingerprint density at radius 3 is 2.62 bits per heavy atom. The van der Waals surface area contributed by atoms with Gasteiger partial charge < -0.3 is 4.42 Å². The third kappa shape index (κ3) is 4.13. The van der Waals surface area contributed by atoms with Crippen molar-refractivity contribution in [3.05, 3.63) is 44.8 Å². The van der Waals surface area contributed by atoms with Crippen molar-refractivity contribution in [2.24, 2.45) is 0 Å². The maximum absolute atomic E-state index is 12.0. The molecule has 5 nitrogen and oxygen atoms in total. The number of rotatable bonds is 6. The number of sulfone groups is 1. The molecule has 3 rings (SSSR count). The van der Waals surface area contributed by atoms with E-state index < -0.39 is 15.5 Å². The van der Waals surface area contributed by atoms with Crippen LogP contribution in [0.3, 0.4) is 0 Å². The predicted molar refractivity (Wildman–Crippen MR) is 105 cm³/mol. The van der Waals surface area contributed by atoms with Crippen LogP contribution < -0.4 is 5.63 Å². The molecular weight excluding hydrogens is 374 g/mol. The van der Waals surface area contributed by atoms with Gasteiger partial charge in [-0.1, -0.05) is 25.4 Å². The van der Waals surface area contributed by atoms with Crippen molar-refractivity contribution in [1.29, 1.82) is 0 Å². The molecule has 7 heteroatoms. The van der Waals surface area contributed by atoms with Crippen LogP contribution in [0.15, 0.2) is 27.4 Å². The minimum Gasteiger partial charge on any atom is -0.423 e. The van der Waals surface area contributed by atoms with Crippen molar-refractivity contribution in [2.75, 3.05) is 18.1 Å². The Labute approximate surface area is 158 Å². The van der Waals surface area contributed by atoms with Gasteiger partial charge in [0.25, 0.3) is 0 Å². The first-order valence-electron chi connectivity index (χ1n) is 9.02. The van der Waals surface area contributed by atoms with Gasteiger partial charge in [0.1, 0.15) is 5.58 Å². The lowest BCUT2D eigenvalue weighted by atomic mass is 10.0. The topological polar surface area (TPSA) is 67.6 Å². The Balaban J connectivity index is 2.00. The van der Waals surface area contributed by atoms with E-state index in [1.165, 1.54) is 6.07 Å². The minimum absolute atomic E-state index is 0.00682. The van der Waals surface area contributed by atoms with Crippen molar-refractivity contribution in [3.8, 4) is 0 Å². The standard InChI is InChI=1S/C19H24ClNO4S/c1-3-6-21(15-5-7-26(23,24)12-15)11-14-9-19(22)25-18-8-13(4-2)17(20)10-16(14)18/h8-10,15H,3-7,11-12H2,1-2H3. The molecule has 1 aromatic carbocycles. The highest BCUT2D eigenvalue weighted by atomic mass is 35.5. The molecule has 2 aromatic rings. The third-order valence-electron chi connectivity index (χ3n) is 4.99. The Morgan fingerprint density at radius 1 is 1.23 bits per heavy atom. The summed E-state index contributed by atoms with van der Waals surface area (Å²) in [7, 11) is -2.96. The summed E-state index contributed by atoms with van der Waals surface area (Å²) in [5, 5.41) is 1.47. The van der Waals surface area contributed by atoms with Crippen molar-refractivity contribution >= 4 is 32.4 Å². The molecule has 1 aliphatic rings. The van der Waals surface area contributed by atoms with Crippen LogP contribution >= 0.6 is 11.6 Å². The van der Waals surface area contributed by atoms with Gasteiger partial charge in [-0.25, -0.2) is 13.2 Å². The molecule has 1 atom stereocenters. The Morgan fingerprint density at radius 2 is 2.00 bits per heavy atom. The van der Waals surface area contributed by atoms with Gasteiger partial charge in [-0.05, 0) is 49.1 Å². The number of aryl methyl sites for hydroxylation is 1. The zero-order chi connectivity index (χ0) is 18.9. The van der Waals surface area contributed by atoms with Gasteiger partial charge >= 0.3 is 5.63 Å². The lowest BCUT2D eigenvalue weighted by Crippen LogP contribution is -2.36. The average molecular weight is 398 g/mol. The highest BCUT2D eigenvalue weighted by Gasteiger charge is 2.32. The first kappa shape index (κ1) is 19.4. The van der Waals surface area contributed by atoms with E-state index in [1.54, 1.807) is 0 Å². The summed E-state index contributed by atoms with van der Waals surface area (Å²) in [6.45, 7) is 5.36. The Kier molecular flexibility index (Phi) is 5.75. The van der Waals surface area contributed by atoms with Crippen molar-refractivity contribution < 1.29 is 12.8 Å². The van der Waals surface area contributed by atoms with Crippen LogP contribution in [0.25, 0.3) is 11.0 Å². The molecule has 142 valence electrons. The van der Waals surface area contributed by atoms with Gasteiger partial charge in [0, 0.05) is 29.1 Å². The third-order valence-corrected chi connectivity index (χ3v) is 7.09. The summed E-state index contributed by atoms with van der Waals surface area (Å²) in [5.74, 6) is 0.425. The van der Waals surface area contributed by atoms with Crippen LogP contribution in [0.2, 0.25) is 5.02 Å². The fourth-order valence-electron chi connectivity index (χ4n) is 3.65. The number of hydrogen-bond donors (Lipinski definition) is 0. The van der Waals surface area contributed by atoms with Crippen LogP contribution in [-0.4, -0.2) is 37.4 Å². The lowest BCUT2D eigenvalue weighted by molar-refractivity contribution is 0.204. The molecule has 0 N–H and O–H groups in total. The fourth-order valence-corrected chi connectivity index (χ4v) is 5.71. The van der Waals surface area contributed by atoms with Crippen LogP contribution in [-0.2, 0) is 22.8 Å². The van der Waals surface area contributed by atoms with Gasteiger partial charge in [0.05, 0.1) is 11.5 Å². The van der Waals surface area contributed by atoms with Crippen molar-refractivity contribution in [1.82, 2.24) is 4.90 Å². The molecule has 1 fully saturated rings. The minimum atomic E-state index is -2.96. The largest absolute Gasteiger partial charge is 0.423 e. The molecule has 0 saturated carbocycles. The van der Waals surface area contributed by atoms with Crippen LogP contribution in [0, 0.1) is 0 Å². The molecule has 0 aliphatic carbocycles. The van der Waals surface area contributed by atoms with E-state index in [0.29, 0.717) is 23.6 Å². The van der Waals surface area contributed by atoms with Crippen LogP contribution in [0.4, 0.5) is 0 Å². The Bertz CT molecular complexity index is 967. The summed E-state index contributed by atoms with van der Waals surface area (Å²) in [6, 6.07) is 5.17. The van der Waals surface area contributed by atoms with E-state index in [4.69, 9.17) is 16.0 Å². The molecule has 1 unspecified atom stereocenters. The summed E-state index contributed by atoms with van der Waals surface area (Å²) in [6.07, 6.45) is 2.31. The van der Waals surface area contributed by atoms with Crippen molar-refractivity contribution in [3.63, 3.8) is 0 Å². The predicted octanol–water partition coefficient (Wildman–Crippen LogP) is 3.41. The van der Waals surface area contributed by atoms with Gasteiger partial charge in [-0.2, -0.15) is 0 Å². The monoisotopic (exact) mass is 397 g/mol. The summed E-state index contributed by atoms with van der Waals surface area (Å²) in [5.41, 5.74) is 1.90. The van der Waals surface area contributed by atoms with E-state index in [0.717, 1.165) is 35.9 Å². The SMILES string of the molecule is CCCN(Cc1cc(=O)oc2cc(CC)c(Cl)cc12)C1CCS(=O)(=O)C1. The quantitative estimate of drug-likeness (QED) is 0.699. The number of benzene rings is 1. The molecule has 1 aliphatic heterocycles. The number of nitrogens with zero attached hydrogens (tertiary/aromatic N) is 1. The zero-order valence-corrected chi connectivity index (χ0v) is 16.7. The normalized spacial score (nSPS) is 19.5. The molecule has 26 heavy (non-hydrogen) atoms. The molecule has 0 spiro atoms. The summed E-state index contributed by atoms with van der Waals surface area (Å²) < 4.78 is 29.1. The molecule has 1 aromatic heterocycles. The second-order valence-electron chi connectivity index (χ2n) is 6.91. The zero-order valence-electron chi connectivity index (χ0n) is 15.1. The van der Waals surface area contributed by atoms with Gasteiger partial charge in [0.2, 0.25) is 0 Å². The maximum Gasteiger partial charge on any atom is 0.336 e. The van der Waals surface area contributed by atoms with Crippen LogP contribution in [0.5, 0.6) is 0 Å². The van der Waals surface area contributed by atoms with E-state index >= 15 is 0 Å². The second-order valence-corrected chi connectivity index (χ2v) is 9.55. The molecule has 0 radical (unpaired) electrons. The smallest absolute Gasteiger partial charge is 0.336 e. The first-order valence-corrected chi connectivity index (χ1v) is 11.2. The maximum atomic E-state index is 12.0. The van der Waals surface area contributed by atoms with E-state index in [9.17, 15) is 13.2 Å². The molecule has 0 bridgehead atoms. The van der Waals surface area contributed by atoms with E-state index in [1.807, 2.05) is 19.1 Å². The average Bonchev–Trinajstić information content (AvgIpc) is 2.94. The lowest BCUT2D eigenvalue weighted by Gasteiger charge is -2.28. The highest BCUT2D eigenvalue weighted by Crippen LogP contribution is 2.28. The molecule has 2 heterocycles. The molecular formula is C19H24ClNO4S. The van der Waals surface area contributed by atoms with Gasteiger partial charge in [-0.3, -0.25) is 4.90 Å². The second kappa shape index (κ2) is 7.71.